The fourth-order valence-corrected chi connectivity index (χ4v) is 6.53. The van der Waals surface area contributed by atoms with Crippen LogP contribution in [0.2, 0.25) is 0 Å². The van der Waals surface area contributed by atoms with Gasteiger partial charge in [0, 0.05) is 81.2 Å². The molecule has 0 spiro atoms. The third-order valence-corrected chi connectivity index (χ3v) is 9.46. The standard InChI is InChI=1S/C32H40N10O5S/c1-3-33-31(43)34-26-8-10-27(11-9-26)36-32(44)35-25-6-4-24(5-7-25)29-37-30(40-16-18-47-19-17-40)28-20-23(22-42(28)38-29)21-39-12-14-41(15-13-39)48(2,45)46/h4-11,20,22H,3,12-19,21H2,1-2H3,(H2,33,34,43)(H2,35,36,44). The van der Waals surface area contributed by atoms with Crippen LogP contribution in [0.25, 0.3) is 16.9 Å². The minimum atomic E-state index is -3.19. The second kappa shape index (κ2) is 14.6. The van der Waals surface area contributed by atoms with Gasteiger partial charge >= 0.3 is 12.1 Å². The van der Waals surface area contributed by atoms with Crippen LogP contribution >= 0.6 is 0 Å². The number of aromatic nitrogens is 3. The smallest absolute Gasteiger partial charge is 0.323 e. The van der Waals surface area contributed by atoms with Crippen LogP contribution in [0, 0.1) is 0 Å². The second-order valence-electron chi connectivity index (χ2n) is 11.7. The van der Waals surface area contributed by atoms with E-state index in [0.29, 0.717) is 88.5 Å². The normalized spacial score (nSPS) is 16.1. The largest absolute Gasteiger partial charge is 0.378 e. The number of carbonyl (C=O) groups excluding carboxylic acids is 2. The van der Waals surface area contributed by atoms with Crippen molar-refractivity contribution in [3.05, 3.63) is 66.4 Å². The molecule has 4 N–H and O–H groups in total. The van der Waals surface area contributed by atoms with Gasteiger partial charge in [0.1, 0.15) is 5.52 Å². The summed E-state index contributed by atoms with van der Waals surface area (Å²) in [7, 11) is -3.19. The SMILES string of the molecule is CCNC(=O)Nc1ccc(NC(=O)Nc2ccc(-c3nc(N4CCOCC4)c4cc(CN5CCN(S(C)(=O)=O)CC5)cn4n3)cc2)cc1. The molecule has 0 aliphatic carbocycles. The molecule has 0 bridgehead atoms. The molecule has 4 amide bonds. The van der Waals surface area contributed by atoms with Crippen LogP contribution in [0.1, 0.15) is 12.5 Å². The van der Waals surface area contributed by atoms with Crippen LogP contribution in [0.15, 0.2) is 60.8 Å². The van der Waals surface area contributed by atoms with Gasteiger partial charge in [-0.2, -0.15) is 4.31 Å². The number of sulfonamides is 1. The number of fused-ring (bicyclic) bond motifs is 1. The van der Waals surface area contributed by atoms with Crippen molar-refractivity contribution < 1.29 is 22.7 Å². The lowest BCUT2D eigenvalue weighted by Crippen LogP contribution is -2.47. The van der Waals surface area contributed by atoms with E-state index in [-0.39, 0.29) is 6.03 Å². The van der Waals surface area contributed by atoms with Crippen molar-refractivity contribution in [2.24, 2.45) is 0 Å². The van der Waals surface area contributed by atoms with Crippen molar-refractivity contribution in [3.63, 3.8) is 0 Å². The maximum Gasteiger partial charge on any atom is 0.323 e. The van der Waals surface area contributed by atoms with Crippen LogP contribution in [0.5, 0.6) is 0 Å². The average Bonchev–Trinajstić information content (AvgIpc) is 3.48. The van der Waals surface area contributed by atoms with Crippen LogP contribution in [0.3, 0.4) is 0 Å². The molecule has 4 aromatic rings. The lowest BCUT2D eigenvalue weighted by Gasteiger charge is -2.32. The summed E-state index contributed by atoms with van der Waals surface area (Å²) in [6.07, 6.45) is 3.27. The molecular formula is C32H40N10O5S. The molecule has 2 aromatic carbocycles. The van der Waals surface area contributed by atoms with Crippen LogP contribution in [-0.4, -0.2) is 110 Å². The highest BCUT2D eigenvalue weighted by atomic mass is 32.2. The number of ether oxygens (including phenoxy) is 1. The molecule has 0 atom stereocenters. The summed E-state index contributed by atoms with van der Waals surface area (Å²) < 4.78 is 32.8. The molecule has 6 rings (SSSR count). The summed E-state index contributed by atoms with van der Waals surface area (Å²) >= 11 is 0. The van der Waals surface area contributed by atoms with Crippen LogP contribution in [-0.2, 0) is 21.3 Å². The molecule has 0 radical (unpaired) electrons. The van der Waals surface area contributed by atoms with E-state index in [1.807, 2.05) is 29.8 Å². The molecule has 2 aromatic heterocycles. The lowest BCUT2D eigenvalue weighted by molar-refractivity contribution is 0.122. The molecule has 2 aliphatic heterocycles. The number of carbonyl (C=O) groups is 2. The summed E-state index contributed by atoms with van der Waals surface area (Å²) in [5.41, 5.74) is 4.54. The molecule has 4 heterocycles. The number of amides is 4. The van der Waals surface area contributed by atoms with E-state index >= 15 is 0 Å². The van der Waals surface area contributed by atoms with Gasteiger partial charge in [-0.05, 0) is 67.1 Å². The fourth-order valence-electron chi connectivity index (χ4n) is 5.70. The van der Waals surface area contributed by atoms with Gasteiger partial charge in [-0.3, -0.25) is 4.90 Å². The number of hydrogen-bond acceptors (Lipinski definition) is 9. The molecule has 16 heteroatoms. The first-order chi connectivity index (χ1) is 23.1. The second-order valence-corrected chi connectivity index (χ2v) is 13.7. The molecular weight excluding hydrogens is 636 g/mol. The van der Waals surface area contributed by atoms with Crippen molar-refractivity contribution in [3.8, 4) is 11.4 Å². The Morgan fingerprint density at radius 2 is 1.42 bits per heavy atom. The number of benzene rings is 2. The van der Waals surface area contributed by atoms with Crippen molar-refractivity contribution in [1.29, 1.82) is 0 Å². The molecule has 2 aliphatic rings. The van der Waals surface area contributed by atoms with E-state index in [0.717, 1.165) is 22.5 Å². The van der Waals surface area contributed by atoms with Gasteiger partial charge in [0.05, 0.1) is 19.5 Å². The van der Waals surface area contributed by atoms with E-state index in [1.54, 1.807) is 36.4 Å². The quantitative estimate of drug-likeness (QED) is 0.209. The summed E-state index contributed by atoms with van der Waals surface area (Å²) in [6, 6.07) is 15.6. The van der Waals surface area contributed by atoms with Gasteiger partial charge in [0.2, 0.25) is 10.0 Å². The van der Waals surface area contributed by atoms with Gasteiger partial charge in [-0.15, -0.1) is 5.10 Å². The molecule has 254 valence electrons. The Balaban J connectivity index is 1.14. The van der Waals surface area contributed by atoms with E-state index in [2.05, 4.69) is 37.1 Å². The fraction of sp³-hybridized carbons (Fsp3) is 0.375. The maximum atomic E-state index is 12.7. The first-order valence-electron chi connectivity index (χ1n) is 15.9. The van der Waals surface area contributed by atoms with E-state index in [1.165, 1.54) is 10.6 Å². The van der Waals surface area contributed by atoms with Crippen molar-refractivity contribution >= 4 is 50.5 Å². The third kappa shape index (κ3) is 8.20. The van der Waals surface area contributed by atoms with Crippen molar-refractivity contribution in [2.75, 3.05) is 86.1 Å². The first kappa shape index (κ1) is 33.1. The minimum Gasteiger partial charge on any atom is -0.378 e. The van der Waals surface area contributed by atoms with E-state index in [4.69, 9.17) is 14.8 Å². The average molecular weight is 677 g/mol. The monoisotopic (exact) mass is 676 g/mol. The van der Waals surface area contributed by atoms with Crippen molar-refractivity contribution in [1.82, 2.24) is 29.1 Å². The van der Waals surface area contributed by atoms with Gasteiger partial charge in [0.25, 0.3) is 0 Å². The van der Waals surface area contributed by atoms with Crippen LogP contribution in [0.4, 0.5) is 32.5 Å². The summed E-state index contributed by atoms with van der Waals surface area (Å²) in [5, 5.41) is 15.9. The molecule has 0 saturated carbocycles. The van der Waals surface area contributed by atoms with Gasteiger partial charge in [-0.25, -0.2) is 27.5 Å². The Morgan fingerprint density at radius 3 is 2.00 bits per heavy atom. The highest BCUT2D eigenvalue weighted by Crippen LogP contribution is 2.27. The number of piperazine rings is 1. The molecule has 0 unspecified atom stereocenters. The van der Waals surface area contributed by atoms with Crippen LogP contribution < -0.4 is 26.2 Å². The van der Waals surface area contributed by atoms with Crippen molar-refractivity contribution in [2.45, 2.75) is 13.5 Å². The minimum absolute atomic E-state index is 0.292. The zero-order valence-corrected chi connectivity index (χ0v) is 27.8. The topological polar surface area (TPSA) is 166 Å². The third-order valence-electron chi connectivity index (χ3n) is 8.16. The van der Waals surface area contributed by atoms with Gasteiger partial charge < -0.3 is 30.9 Å². The number of nitrogens with zero attached hydrogens (tertiary/aromatic N) is 6. The van der Waals surface area contributed by atoms with E-state index in [9.17, 15) is 18.0 Å². The number of morpholine rings is 1. The molecule has 2 saturated heterocycles. The highest BCUT2D eigenvalue weighted by Gasteiger charge is 2.25. The molecule has 2 fully saturated rings. The molecule has 15 nitrogen and oxygen atoms in total. The van der Waals surface area contributed by atoms with Gasteiger partial charge in [-0.1, -0.05) is 0 Å². The number of rotatable bonds is 9. The Labute approximate surface area is 279 Å². The predicted octanol–water partition coefficient (Wildman–Crippen LogP) is 3.10. The Morgan fingerprint density at radius 1 is 0.833 bits per heavy atom. The van der Waals surface area contributed by atoms with Gasteiger partial charge in [0.15, 0.2) is 11.6 Å². The summed E-state index contributed by atoms with van der Waals surface area (Å²) in [4.78, 5) is 33.8. The number of hydrogen-bond donors (Lipinski definition) is 4. The summed E-state index contributed by atoms with van der Waals surface area (Å²) in [6.45, 7) is 7.98. The lowest BCUT2D eigenvalue weighted by atomic mass is 10.2. The zero-order valence-electron chi connectivity index (χ0n) is 27.0. The summed E-state index contributed by atoms with van der Waals surface area (Å²) in [5.74, 6) is 1.37. The predicted molar refractivity (Wildman–Crippen MR) is 185 cm³/mol. The Bertz CT molecular complexity index is 1850. The number of nitrogens with one attached hydrogen (secondary N) is 4. The Kier molecular flexibility index (Phi) is 10.0. The Hall–Kier alpha value is -4.77. The molecule has 48 heavy (non-hydrogen) atoms. The highest BCUT2D eigenvalue weighted by molar-refractivity contribution is 7.88. The number of anilines is 4. The maximum absolute atomic E-state index is 12.7. The number of urea groups is 2. The first-order valence-corrected chi connectivity index (χ1v) is 17.7. The van der Waals surface area contributed by atoms with E-state index < -0.39 is 16.1 Å². The zero-order chi connectivity index (χ0) is 33.7.